The van der Waals surface area contributed by atoms with Crippen LogP contribution in [0.25, 0.3) is 11.1 Å². The van der Waals surface area contributed by atoms with Gasteiger partial charge in [-0.15, -0.1) is 0 Å². The molecular weight excluding hydrogens is 352 g/mol. The molecule has 1 aliphatic carbocycles. The van der Waals surface area contributed by atoms with E-state index in [0.717, 1.165) is 28.0 Å². The predicted octanol–water partition coefficient (Wildman–Crippen LogP) is 2.42. The van der Waals surface area contributed by atoms with Crippen LogP contribution in [0.15, 0.2) is 35.3 Å². The molecule has 6 nitrogen and oxygen atoms in total. The van der Waals surface area contributed by atoms with Crippen LogP contribution in [0.3, 0.4) is 0 Å². The van der Waals surface area contributed by atoms with Crippen molar-refractivity contribution in [3.8, 4) is 16.9 Å². The summed E-state index contributed by atoms with van der Waals surface area (Å²) in [6.07, 6.45) is 4.88. The van der Waals surface area contributed by atoms with Crippen molar-refractivity contribution < 1.29 is 13.5 Å². The monoisotopic (exact) mass is 376 g/mol. The molecule has 1 aromatic heterocycles. The Morgan fingerprint density at radius 3 is 2.73 bits per heavy atom. The number of nitrogens with one attached hydrogen (secondary N) is 1. The summed E-state index contributed by atoms with van der Waals surface area (Å²) in [7, 11) is 1.73. The Labute approximate surface area is 155 Å². The minimum absolute atomic E-state index is 0.0577. The molecule has 0 radical (unpaired) electrons. The van der Waals surface area contributed by atoms with Crippen molar-refractivity contribution in [2.24, 2.45) is 13.0 Å². The van der Waals surface area contributed by atoms with Crippen LogP contribution in [0.1, 0.15) is 24.0 Å². The van der Waals surface area contributed by atoms with Gasteiger partial charge in [0, 0.05) is 37.0 Å². The first-order valence-electron chi connectivity index (χ1n) is 8.72. The summed E-state index contributed by atoms with van der Waals surface area (Å²) in [5, 5.41) is 0. The second-order valence-corrected chi connectivity index (χ2v) is 7.52. The van der Waals surface area contributed by atoms with Gasteiger partial charge in [-0.3, -0.25) is 9.35 Å². The molecule has 26 heavy (non-hydrogen) atoms. The molecule has 3 rings (SSSR count). The van der Waals surface area contributed by atoms with Crippen LogP contribution in [0.5, 0.6) is 5.75 Å². The van der Waals surface area contributed by atoms with Crippen molar-refractivity contribution >= 4 is 11.3 Å². The highest BCUT2D eigenvalue weighted by molar-refractivity contribution is 7.77. The molecule has 1 aliphatic rings. The zero-order chi connectivity index (χ0) is 18.7. The number of nitrogens with zero attached hydrogens (tertiary/aromatic N) is 1. The molecule has 0 bridgehead atoms. The van der Waals surface area contributed by atoms with Crippen LogP contribution in [0.4, 0.5) is 0 Å². The quantitative estimate of drug-likeness (QED) is 0.694. The van der Waals surface area contributed by atoms with Crippen LogP contribution in [0, 0.1) is 12.8 Å². The van der Waals surface area contributed by atoms with Crippen LogP contribution in [-0.2, 0) is 24.7 Å². The lowest BCUT2D eigenvalue weighted by Gasteiger charge is -2.18. The smallest absolute Gasteiger partial charge is 0.250 e. The molecule has 0 aliphatic heterocycles. The van der Waals surface area contributed by atoms with E-state index in [1.807, 2.05) is 31.3 Å². The Balaban J connectivity index is 1.95. The Hall–Kier alpha value is -1.96. The Morgan fingerprint density at radius 2 is 2.08 bits per heavy atom. The third kappa shape index (κ3) is 4.60. The van der Waals surface area contributed by atoms with Crippen LogP contribution in [0.2, 0.25) is 0 Å². The molecule has 0 saturated heterocycles. The number of aryl methyl sites for hydroxylation is 1. The minimum atomic E-state index is -2.01. The summed E-state index contributed by atoms with van der Waals surface area (Å²) in [6.45, 7) is 3.14. The molecule has 1 heterocycles. The zero-order valence-corrected chi connectivity index (χ0v) is 15.8. The second-order valence-electron chi connectivity index (χ2n) is 6.74. The number of rotatable bonds is 8. The second kappa shape index (κ2) is 8.16. The predicted molar refractivity (Wildman–Crippen MR) is 103 cm³/mol. The SMILES string of the molecule is Cc1c(CCNS(=O)O)ccc(OCC2CC2)c1-c1ccc(=O)n(C)c1. The van der Waals surface area contributed by atoms with Crippen molar-refractivity contribution in [2.75, 3.05) is 13.2 Å². The topological polar surface area (TPSA) is 80.6 Å². The van der Waals surface area contributed by atoms with E-state index >= 15 is 0 Å². The summed E-state index contributed by atoms with van der Waals surface area (Å²) in [6, 6.07) is 7.34. The molecule has 1 atom stereocenters. The van der Waals surface area contributed by atoms with Crippen molar-refractivity contribution in [3.63, 3.8) is 0 Å². The lowest BCUT2D eigenvalue weighted by atomic mass is 9.94. The van der Waals surface area contributed by atoms with Gasteiger partial charge < -0.3 is 9.30 Å². The minimum Gasteiger partial charge on any atom is -0.493 e. The average Bonchev–Trinajstić information content (AvgIpc) is 3.41. The van der Waals surface area contributed by atoms with Gasteiger partial charge in [0.1, 0.15) is 5.75 Å². The summed E-state index contributed by atoms with van der Waals surface area (Å²) >= 11 is -2.01. The molecule has 7 heteroatoms. The maximum absolute atomic E-state index is 11.7. The van der Waals surface area contributed by atoms with E-state index in [2.05, 4.69) is 4.72 Å². The number of ether oxygens (including phenoxy) is 1. The number of pyridine rings is 1. The van der Waals surface area contributed by atoms with Gasteiger partial charge in [0.05, 0.1) is 6.61 Å². The molecule has 2 aromatic rings. The Morgan fingerprint density at radius 1 is 1.31 bits per heavy atom. The molecule has 1 saturated carbocycles. The summed E-state index contributed by atoms with van der Waals surface area (Å²) in [5.41, 5.74) is 3.98. The zero-order valence-electron chi connectivity index (χ0n) is 15.0. The Kier molecular flexibility index (Phi) is 5.90. The summed E-state index contributed by atoms with van der Waals surface area (Å²) in [4.78, 5) is 11.7. The van der Waals surface area contributed by atoms with Gasteiger partial charge >= 0.3 is 0 Å². The van der Waals surface area contributed by atoms with E-state index in [-0.39, 0.29) is 5.56 Å². The highest BCUT2D eigenvalue weighted by Gasteiger charge is 2.23. The number of hydrogen-bond donors (Lipinski definition) is 2. The molecule has 0 amide bonds. The van der Waals surface area contributed by atoms with Crippen molar-refractivity contribution in [1.82, 2.24) is 9.29 Å². The Bertz CT molecular complexity index is 874. The number of aromatic nitrogens is 1. The lowest BCUT2D eigenvalue weighted by molar-refractivity contribution is 0.300. The molecule has 140 valence electrons. The normalized spacial score (nSPS) is 15.0. The van der Waals surface area contributed by atoms with Crippen molar-refractivity contribution in [2.45, 2.75) is 26.2 Å². The van der Waals surface area contributed by atoms with E-state index in [9.17, 15) is 9.00 Å². The summed E-state index contributed by atoms with van der Waals surface area (Å²) < 4.78 is 29.8. The van der Waals surface area contributed by atoms with Gasteiger partial charge in [-0.05, 0) is 55.4 Å². The summed E-state index contributed by atoms with van der Waals surface area (Å²) in [5.74, 6) is 1.46. The van der Waals surface area contributed by atoms with Gasteiger partial charge in [0.15, 0.2) is 0 Å². The maximum Gasteiger partial charge on any atom is 0.250 e. The fourth-order valence-electron chi connectivity index (χ4n) is 2.99. The van der Waals surface area contributed by atoms with Gasteiger partial charge in [-0.2, -0.15) is 0 Å². The lowest BCUT2D eigenvalue weighted by Crippen LogP contribution is -2.19. The standard InChI is InChI=1S/C19H24N2O4S/c1-13-15(9-10-20-26(23)24)5-7-17(25-12-14-3-4-14)19(13)16-6-8-18(22)21(2)11-16/h5-8,11,14,20H,3-4,9-10,12H2,1-2H3,(H,23,24). The molecule has 0 spiro atoms. The van der Waals surface area contributed by atoms with Gasteiger partial charge in [-0.25, -0.2) is 8.93 Å². The number of hydrogen-bond acceptors (Lipinski definition) is 3. The van der Waals surface area contributed by atoms with Crippen molar-refractivity contribution in [1.29, 1.82) is 0 Å². The van der Waals surface area contributed by atoms with Gasteiger partial charge in [-0.1, -0.05) is 6.07 Å². The maximum atomic E-state index is 11.7. The molecule has 1 aromatic carbocycles. The third-order valence-corrected chi connectivity index (χ3v) is 5.16. The molecule has 2 N–H and O–H groups in total. The van der Waals surface area contributed by atoms with E-state index in [0.29, 0.717) is 25.5 Å². The highest BCUT2D eigenvalue weighted by Crippen LogP contribution is 2.37. The first kappa shape index (κ1) is 18.8. The van der Waals surface area contributed by atoms with Gasteiger partial charge in [0.2, 0.25) is 16.8 Å². The number of benzene rings is 1. The highest BCUT2D eigenvalue weighted by atomic mass is 32.2. The van der Waals surface area contributed by atoms with Gasteiger partial charge in [0.25, 0.3) is 0 Å². The molecule has 1 unspecified atom stereocenters. The van der Waals surface area contributed by atoms with E-state index < -0.39 is 11.3 Å². The van der Waals surface area contributed by atoms with Crippen LogP contribution in [-0.4, -0.2) is 26.5 Å². The van der Waals surface area contributed by atoms with Crippen molar-refractivity contribution in [3.05, 3.63) is 51.9 Å². The van der Waals surface area contributed by atoms with E-state index in [4.69, 9.17) is 9.29 Å². The van der Waals surface area contributed by atoms with Crippen LogP contribution < -0.4 is 15.0 Å². The first-order chi connectivity index (χ1) is 12.5. The van der Waals surface area contributed by atoms with Crippen LogP contribution >= 0.6 is 0 Å². The molecular formula is C19H24N2O4S. The van der Waals surface area contributed by atoms with E-state index in [1.165, 1.54) is 12.8 Å². The first-order valence-corrected chi connectivity index (χ1v) is 9.83. The fourth-order valence-corrected chi connectivity index (χ4v) is 3.26. The third-order valence-electron chi connectivity index (χ3n) is 4.70. The molecule has 1 fully saturated rings. The largest absolute Gasteiger partial charge is 0.493 e. The van der Waals surface area contributed by atoms with E-state index in [1.54, 1.807) is 17.7 Å². The average molecular weight is 376 g/mol. The fraction of sp³-hybridized carbons (Fsp3) is 0.421.